The van der Waals surface area contributed by atoms with Crippen LogP contribution in [0.25, 0.3) is 11.0 Å². The van der Waals surface area contributed by atoms with Crippen molar-refractivity contribution in [3.8, 4) is 6.07 Å². The lowest BCUT2D eigenvalue weighted by molar-refractivity contribution is 0.0697. The van der Waals surface area contributed by atoms with Crippen molar-refractivity contribution in [1.29, 1.82) is 5.26 Å². The second kappa shape index (κ2) is 3.35. The minimum Gasteiger partial charge on any atom is -0.478 e. The Morgan fingerprint density at radius 3 is 2.87 bits per heavy atom. The predicted octanol–water partition coefficient (Wildman–Crippen LogP) is 1.20. The number of hydrogen-bond donors (Lipinski definition) is 1. The van der Waals surface area contributed by atoms with Crippen LogP contribution >= 0.6 is 0 Å². The molecular weight excluding hydrogens is 194 g/mol. The van der Waals surface area contributed by atoms with E-state index in [1.807, 2.05) is 6.07 Å². The summed E-state index contributed by atoms with van der Waals surface area (Å²) < 4.78 is 0. The van der Waals surface area contributed by atoms with Crippen molar-refractivity contribution >= 4 is 17.0 Å². The molecule has 72 valence electrons. The number of rotatable bonds is 1. The van der Waals surface area contributed by atoms with Gasteiger partial charge in [0.15, 0.2) is 5.69 Å². The number of carboxylic acid groups (broad SMARTS) is 1. The zero-order valence-corrected chi connectivity index (χ0v) is 7.51. The van der Waals surface area contributed by atoms with Crippen molar-refractivity contribution in [1.82, 2.24) is 9.97 Å². The van der Waals surface area contributed by atoms with Gasteiger partial charge in [0.25, 0.3) is 0 Å². The molecule has 1 aromatic heterocycles. The van der Waals surface area contributed by atoms with Crippen molar-refractivity contribution in [3.05, 3.63) is 35.7 Å². The van der Waals surface area contributed by atoms with E-state index in [0.29, 0.717) is 11.0 Å². The monoisotopic (exact) mass is 199 g/mol. The molecule has 0 amide bonds. The quantitative estimate of drug-likeness (QED) is 0.745. The fourth-order valence-electron chi connectivity index (χ4n) is 1.20. The summed E-state index contributed by atoms with van der Waals surface area (Å²) in [5.74, 6) is -1.03. The van der Waals surface area contributed by atoms with Crippen LogP contribution in [0, 0.1) is 11.3 Å². The summed E-state index contributed by atoms with van der Waals surface area (Å²) in [6, 6.07) is 6.25. The van der Waals surface area contributed by atoms with E-state index in [0.717, 1.165) is 0 Å². The fraction of sp³-hybridized carbons (Fsp3) is 0. The van der Waals surface area contributed by atoms with Crippen molar-refractivity contribution in [2.24, 2.45) is 0 Å². The molecule has 2 aromatic rings. The molecule has 5 heteroatoms. The van der Waals surface area contributed by atoms with Gasteiger partial charge < -0.3 is 5.11 Å². The number of fused-ring (bicyclic) bond motifs is 1. The van der Waals surface area contributed by atoms with Crippen molar-refractivity contribution in [2.45, 2.75) is 0 Å². The second-order valence-corrected chi connectivity index (χ2v) is 2.88. The van der Waals surface area contributed by atoms with Crippen LogP contribution < -0.4 is 0 Å². The van der Waals surface area contributed by atoms with E-state index in [1.165, 1.54) is 18.3 Å². The van der Waals surface area contributed by atoms with Gasteiger partial charge in [-0.1, -0.05) is 0 Å². The van der Waals surface area contributed by atoms with E-state index >= 15 is 0 Å². The van der Waals surface area contributed by atoms with Gasteiger partial charge in [0.2, 0.25) is 0 Å². The molecule has 5 nitrogen and oxygen atoms in total. The molecule has 0 spiro atoms. The minimum absolute atomic E-state index is 0.131. The highest BCUT2D eigenvalue weighted by atomic mass is 16.4. The molecule has 0 bridgehead atoms. The molecular formula is C10H5N3O2. The average molecular weight is 199 g/mol. The van der Waals surface area contributed by atoms with Crippen molar-refractivity contribution in [3.63, 3.8) is 0 Å². The van der Waals surface area contributed by atoms with Crippen LogP contribution in [-0.2, 0) is 0 Å². The summed E-state index contributed by atoms with van der Waals surface area (Å²) in [5.41, 5.74) is 1.28. The van der Waals surface area contributed by atoms with Crippen LogP contribution in [0.4, 0.5) is 0 Å². The molecule has 2 rings (SSSR count). The van der Waals surface area contributed by atoms with Gasteiger partial charge in [-0.25, -0.2) is 9.78 Å². The first-order valence-electron chi connectivity index (χ1n) is 4.11. The summed E-state index contributed by atoms with van der Waals surface area (Å²) in [6.45, 7) is 0. The number of carbonyl (C=O) groups is 1. The topological polar surface area (TPSA) is 86.9 Å². The number of aromatic carboxylic acids is 1. The van der Waals surface area contributed by atoms with E-state index in [1.54, 1.807) is 6.07 Å². The Bertz CT molecular complexity index is 587. The first kappa shape index (κ1) is 9.09. The van der Waals surface area contributed by atoms with Crippen LogP contribution in [0.2, 0.25) is 0 Å². The largest absolute Gasteiger partial charge is 0.478 e. The zero-order chi connectivity index (χ0) is 10.8. The van der Waals surface area contributed by atoms with Gasteiger partial charge in [0.05, 0.1) is 22.8 Å². The summed E-state index contributed by atoms with van der Waals surface area (Å²) in [6.07, 6.45) is 1.35. The minimum atomic E-state index is -1.03. The maximum atomic E-state index is 10.7. The van der Waals surface area contributed by atoms with Gasteiger partial charge in [-0.3, -0.25) is 4.98 Å². The lowest BCUT2D eigenvalue weighted by Gasteiger charge is -1.98. The summed E-state index contributed by atoms with van der Waals surface area (Å²) in [4.78, 5) is 18.6. The predicted molar refractivity (Wildman–Crippen MR) is 51.2 cm³/mol. The van der Waals surface area contributed by atoms with E-state index in [4.69, 9.17) is 10.4 Å². The van der Waals surface area contributed by atoms with E-state index in [2.05, 4.69) is 9.97 Å². The Morgan fingerprint density at radius 1 is 1.40 bits per heavy atom. The number of carboxylic acids is 1. The molecule has 0 saturated carbocycles. The standard InChI is InChI=1S/C10H5N3O2/c11-4-7-5-12-8-2-1-6(10(14)15)3-9(8)13-7/h1-3,5H,(H,14,15). The highest BCUT2D eigenvalue weighted by Crippen LogP contribution is 2.11. The van der Waals surface area contributed by atoms with Gasteiger partial charge in [0.1, 0.15) is 6.07 Å². The van der Waals surface area contributed by atoms with Crippen LogP contribution in [0.15, 0.2) is 24.4 Å². The Morgan fingerprint density at radius 2 is 2.20 bits per heavy atom. The molecule has 1 aromatic carbocycles. The highest BCUT2D eigenvalue weighted by Gasteiger charge is 2.05. The summed E-state index contributed by atoms with van der Waals surface area (Å²) in [5, 5.41) is 17.4. The lowest BCUT2D eigenvalue weighted by atomic mass is 10.2. The van der Waals surface area contributed by atoms with E-state index in [9.17, 15) is 4.79 Å². The molecule has 0 fully saturated rings. The first-order valence-corrected chi connectivity index (χ1v) is 4.11. The number of aromatic nitrogens is 2. The summed E-state index contributed by atoms with van der Waals surface area (Å²) >= 11 is 0. The molecule has 0 saturated heterocycles. The Labute approximate surface area is 84.6 Å². The van der Waals surface area contributed by atoms with Gasteiger partial charge >= 0.3 is 5.97 Å². The molecule has 0 unspecified atom stereocenters. The first-order chi connectivity index (χ1) is 7.20. The Hall–Kier alpha value is -2.48. The number of benzene rings is 1. The molecule has 0 aliphatic heterocycles. The van der Waals surface area contributed by atoms with Crippen molar-refractivity contribution < 1.29 is 9.90 Å². The highest BCUT2D eigenvalue weighted by molar-refractivity contribution is 5.92. The Balaban J connectivity index is 2.69. The average Bonchev–Trinajstić information content (AvgIpc) is 2.27. The summed E-state index contributed by atoms with van der Waals surface area (Å²) in [7, 11) is 0. The number of nitrogens with zero attached hydrogens (tertiary/aromatic N) is 3. The maximum absolute atomic E-state index is 10.7. The number of nitriles is 1. The molecule has 0 atom stereocenters. The van der Waals surface area contributed by atoms with Crippen LogP contribution in [0.5, 0.6) is 0 Å². The third-order valence-electron chi connectivity index (χ3n) is 1.90. The Kier molecular flexibility index (Phi) is 2.03. The zero-order valence-electron chi connectivity index (χ0n) is 7.51. The lowest BCUT2D eigenvalue weighted by Crippen LogP contribution is -1.97. The maximum Gasteiger partial charge on any atom is 0.335 e. The number of hydrogen-bond acceptors (Lipinski definition) is 4. The fourth-order valence-corrected chi connectivity index (χ4v) is 1.20. The van der Waals surface area contributed by atoms with Crippen LogP contribution in [0.3, 0.4) is 0 Å². The van der Waals surface area contributed by atoms with Gasteiger partial charge in [-0.2, -0.15) is 5.26 Å². The molecule has 0 radical (unpaired) electrons. The smallest absolute Gasteiger partial charge is 0.335 e. The van der Waals surface area contributed by atoms with E-state index < -0.39 is 5.97 Å². The SMILES string of the molecule is N#Cc1cnc2ccc(C(=O)O)cc2n1. The second-order valence-electron chi connectivity index (χ2n) is 2.88. The van der Waals surface area contributed by atoms with E-state index in [-0.39, 0.29) is 11.3 Å². The van der Waals surface area contributed by atoms with Crippen LogP contribution in [0.1, 0.15) is 16.1 Å². The third kappa shape index (κ3) is 1.60. The third-order valence-corrected chi connectivity index (χ3v) is 1.90. The van der Waals surface area contributed by atoms with Gasteiger partial charge in [0, 0.05) is 0 Å². The normalized spacial score (nSPS) is 9.80. The van der Waals surface area contributed by atoms with Crippen molar-refractivity contribution in [2.75, 3.05) is 0 Å². The van der Waals surface area contributed by atoms with Gasteiger partial charge in [-0.05, 0) is 18.2 Å². The molecule has 0 aliphatic rings. The molecule has 1 N–H and O–H groups in total. The molecule has 15 heavy (non-hydrogen) atoms. The van der Waals surface area contributed by atoms with Gasteiger partial charge in [-0.15, -0.1) is 0 Å². The molecule has 0 aliphatic carbocycles. The van der Waals surface area contributed by atoms with Crippen LogP contribution in [-0.4, -0.2) is 21.0 Å². The molecule has 1 heterocycles.